The summed E-state index contributed by atoms with van der Waals surface area (Å²) in [7, 11) is 0. The molecule has 2 atom stereocenters. The highest BCUT2D eigenvalue weighted by Gasteiger charge is 2.27. The monoisotopic (exact) mass is 531 g/mol. The van der Waals surface area contributed by atoms with Crippen LogP contribution in [0.2, 0.25) is 0 Å². The number of hydrogen-bond acceptors (Lipinski definition) is 5. The van der Waals surface area contributed by atoms with E-state index in [0.717, 1.165) is 57.5 Å². The highest BCUT2D eigenvalue weighted by molar-refractivity contribution is 7.21. The smallest absolute Gasteiger partial charge is 0.263 e. The third-order valence-corrected chi connectivity index (χ3v) is 7.98. The van der Waals surface area contributed by atoms with E-state index in [4.69, 9.17) is 4.74 Å². The normalized spacial score (nSPS) is 17.6. The molecule has 3 heterocycles. The van der Waals surface area contributed by atoms with E-state index < -0.39 is 0 Å². The van der Waals surface area contributed by atoms with Crippen molar-refractivity contribution in [3.05, 3.63) is 59.0 Å². The van der Waals surface area contributed by atoms with E-state index in [0.29, 0.717) is 16.8 Å². The van der Waals surface area contributed by atoms with E-state index in [-0.39, 0.29) is 30.0 Å². The number of benzene rings is 1. The summed E-state index contributed by atoms with van der Waals surface area (Å²) in [5.41, 5.74) is 4.33. The van der Waals surface area contributed by atoms with Gasteiger partial charge in [-0.25, -0.2) is 4.98 Å². The predicted octanol–water partition coefficient (Wildman–Crippen LogP) is 4.70. The Morgan fingerprint density at radius 2 is 2.00 bits per heavy atom. The van der Waals surface area contributed by atoms with Crippen LogP contribution >= 0.6 is 11.3 Å². The van der Waals surface area contributed by atoms with E-state index in [2.05, 4.69) is 38.3 Å². The molecule has 1 fully saturated rings. The van der Waals surface area contributed by atoms with E-state index in [1.54, 1.807) is 6.20 Å². The van der Waals surface area contributed by atoms with Gasteiger partial charge in [0, 0.05) is 18.3 Å². The van der Waals surface area contributed by atoms with E-state index >= 15 is 0 Å². The molecule has 0 bridgehead atoms. The number of aromatic amines is 1. The molecule has 5 rings (SSSR count). The molecule has 0 saturated heterocycles. The number of H-pyrrole nitrogens is 1. The first-order valence-corrected chi connectivity index (χ1v) is 13.8. The fourth-order valence-corrected chi connectivity index (χ4v) is 6.30. The van der Waals surface area contributed by atoms with Crippen molar-refractivity contribution in [2.24, 2.45) is 0 Å². The molecule has 198 valence electrons. The van der Waals surface area contributed by atoms with Gasteiger partial charge in [0.25, 0.3) is 5.91 Å². The van der Waals surface area contributed by atoms with Crippen LogP contribution in [0.1, 0.15) is 54.8 Å². The number of carbonyl (C=O) groups is 2. The minimum atomic E-state index is -0.181. The predicted molar refractivity (Wildman–Crippen MR) is 153 cm³/mol. The maximum absolute atomic E-state index is 13.5. The van der Waals surface area contributed by atoms with Gasteiger partial charge in [-0.15, -0.1) is 11.3 Å². The van der Waals surface area contributed by atoms with Crippen LogP contribution in [-0.4, -0.2) is 44.5 Å². The first kappa shape index (κ1) is 25.8. The molecular formula is C29H33N5O3S. The molecule has 9 heteroatoms. The zero-order valence-corrected chi connectivity index (χ0v) is 22.8. The molecule has 0 aliphatic heterocycles. The number of nitrogens with one attached hydrogen (secondary N) is 3. The number of aryl methyl sites for hydroxylation is 1. The second kappa shape index (κ2) is 10.5. The summed E-state index contributed by atoms with van der Waals surface area (Å²) >= 11 is 1.37. The second-order valence-corrected chi connectivity index (χ2v) is 11.1. The molecule has 1 unspecified atom stereocenters. The summed E-state index contributed by atoms with van der Waals surface area (Å²) in [6, 6.07) is 7.98. The summed E-state index contributed by atoms with van der Waals surface area (Å²) in [5, 5.41) is 7.06. The van der Waals surface area contributed by atoms with Crippen LogP contribution in [0.25, 0.3) is 33.5 Å². The molecule has 2 amide bonds. The molecule has 0 spiro atoms. The fourth-order valence-electron chi connectivity index (χ4n) is 5.28. The van der Waals surface area contributed by atoms with Gasteiger partial charge in [-0.3, -0.25) is 14.2 Å². The summed E-state index contributed by atoms with van der Waals surface area (Å²) in [4.78, 5) is 34.6. The molecule has 4 aromatic rings. The van der Waals surface area contributed by atoms with Crippen LogP contribution in [0.4, 0.5) is 0 Å². The average Bonchev–Trinajstić information content (AvgIpc) is 3.24. The Morgan fingerprint density at radius 1 is 1.24 bits per heavy atom. The molecule has 3 aromatic heterocycles. The lowest BCUT2D eigenvalue weighted by atomic mass is 9.91. The molecule has 8 nitrogen and oxygen atoms in total. The lowest BCUT2D eigenvalue weighted by Gasteiger charge is -2.30. The Bertz CT molecular complexity index is 1600. The SMILES string of the molecule is C=CC(=O)NC1CCC[C@@H](NC(=O)c2sc3nccc4c3c2[nH]c(=C)n4-c2ccc(OC(C)C)cc2C)C1. The number of pyridine rings is 1. The molecule has 1 aromatic carbocycles. The van der Waals surface area contributed by atoms with Gasteiger partial charge < -0.3 is 20.4 Å². The van der Waals surface area contributed by atoms with Crippen molar-refractivity contribution < 1.29 is 14.3 Å². The molecule has 1 saturated carbocycles. The van der Waals surface area contributed by atoms with Gasteiger partial charge in [0.05, 0.1) is 28.2 Å². The molecule has 3 N–H and O–H groups in total. The number of aromatic nitrogens is 3. The number of rotatable bonds is 7. The Morgan fingerprint density at radius 3 is 2.71 bits per heavy atom. The van der Waals surface area contributed by atoms with Crippen LogP contribution in [0.3, 0.4) is 0 Å². The summed E-state index contributed by atoms with van der Waals surface area (Å²) in [5.74, 6) is 0.495. The standard InChI is InChI=1S/C29H33N5O3S/c1-6-24(35)32-19-8-7-9-20(15-19)33-28(36)27-26-25-23(12-13-30-29(25)38-27)34(18(5)31-26)22-11-10-21(14-17(22)4)37-16(2)3/h6,10-14,16,19-20,31H,1,5,7-9,15H2,2-4H3,(H,32,35)(H,33,36)/t19?,20-/m1/s1. The third-order valence-electron chi connectivity index (χ3n) is 6.88. The van der Waals surface area contributed by atoms with Gasteiger partial charge in [-0.2, -0.15) is 0 Å². The number of thiophene rings is 1. The highest BCUT2D eigenvalue weighted by Crippen LogP contribution is 2.34. The Labute approximate surface area is 225 Å². The number of ether oxygens (including phenoxy) is 1. The first-order chi connectivity index (χ1) is 18.2. The van der Waals surface area contributed by atoms with E-state index in [1.807, 2.05) is 45.0 Å². The second-order valence-electron chi connectivity index (χ2n) is 10.1. The van der Waals surface area contributed by atoms with Crippen LogP contribution in [0.5, 0.6) is 5.75 Å². The van der Waals surface area contributed by atoms with Gasteiger partial charge in [-0.1, -0.05) is 13.2 Å². The summed E-state index contributed by atoms with van der Waals surface area (Å²) in [6.07, 6.45) is 6.54. The minimum absolute atomic E-state index is 0.0197. The molecule has 1 aliphatic carbocycles. The lowest BCUT2D eigenvalue weighted by molar-refractivity contribution is -0.117. The summed E-state index contributed by atoms with van der Waals surface area (Å²) in [6.45, 7) is 13.9. The van der Waals surface area contributed by atoms with Gasteiger partial charge in [0.15, 0.2) is 0 Å². The fraction of sp³-hybridized carbons (Fsp3) is 0.345. The van der Waals surface area contributed by atoms with Gasteiger partial charge >= 0.3 is 0 Å². The van der Waals surface area contributed by atoms with Crippen LogP contribution in [0.15, 0.2) is 43.1 Å². The van der Waals surface area contributed by atoms with Crippen molar-refractivity contribution in [2.45, 2.75) is 64.6 Å². The van der Waals surface area contributed by atoms with E-state index in [9.17, 15) is 9.59 Å². The number of carbonyl (C=O) groups excluding carboxylic acids is 2. The maximum Gasteiger partial charge on any atom is 0.263 e. The molecule has 38 heavy (non-hydrogen) atoms. The molecule has 1 aliphatic rings. The highest BCUT2D eigenvalue weighted by atomic mass is 32.1. The van der Waals surface area contributed by atoms with Crippen LogP contribution < -0.4 is 20.9 Å². The Hall–Kier alpha value is -3.85. The number of nitrogens with zero attached hydrogens (tertiary/aromatic N) is 2. The topological polar surface area (TPSA) is 101 Å². The summed E-state index contributed by atoms with van der Waals surface area (Å²) < 4.78 is 7.93. The Kier molecular flexibility index (Phi) is 7.12. The zero-order chi connectivity index (χ0) is 27.0. The van der Waals surface area contributed by atoms with E-state index in [1.165, 1.54) is 17.4 Å². The van der Waals surface area contributed by atoms with Crippen LogP contribution in [-0.2, 0) is 4.79 Å². The number of hydrogen-bond donors (Lipinski definition) is 3. The van der Waals surface area contributed by atoms with Gasteiger partial charge in [0.2, 0.25) is 5.91 Å². The zero-order valence-electron chi connectivity index (χ0n) is 22.0. The lowest BCUT2D eigenvalue weighted by Crippen LogP contribution is -2.45. The first-order valence-electron chi connectivity index (χ1n) is 12.9. The van der Waals surface area contributed by atoms with Gasteiger partial charge in [0.1, 0.15) is 20.9 Å². The van der Waals surface area contributed by atoms with Crippen molar-refractivity contribution in [3.8, 4) is 11.4 Å². The van der Waals surface area contributed by atoms with Crippen molar-refractivity contribution in [3.63, 3.8) is 0 Å². The van der Waals surface area contributed by atoms with Crippen molar-refractivity contribution in [2.75, 3.05) is 0 Å². The molecule has 0 radical (unpaired) electrons. The minimum Gasteiger partial charge on any atom is -0.491 e. The quantitative estimate of drug-likeness (QED) is 0.301. The van der Waals surface area contributed by atoms with Crippen LogP contribution in [0, 0.1) is 6.92 Å². The van der Waals surface area contributed by atoms with Crippen molar-refractivity contribution in [1.29, 1.82) is 0 Å². The van der Waals surface area contributed by atoms with Crippen molar-refractivity contribution >= 4 is 51.0 Å². The average molecular weight is 532 g/mol. The largest absolute Gasteiger partial charge is 0.491 e. The maximum atomic E-state index is 13.5. The van der Waals surface area contributed by atoms with Crippen molar-refractivity contribution in [1.82, 2.24) is 25.2 Å². The number of amides is 2. The third kappa shape index (κ3) is 4.98. The van der Waals surface area contributed by atoms with Gasteiger partial charge in [-0.05, 0) is 82.4 Å². The molecular weight excluding hydrogens is 498 g/mol. The Balaban J connectivity index is 1.49.